The van der Waals surface area contributed by atoms with Crippen molar-refractivity contribution in [1.29, 1.82) is 0 Å². The van der Waals surface area contributed by atoms with Crippen LogP contribution in [0.25, 0.3) is 0 Å². The van der Waals surface area contributed by atoms with Gasteiger partial charge >= 0.3 is 0 Å². The van der Waals surface area contributed by atoms with Crippen molar-refractivity contribution in [2.45, 2.75) is 44.8 Å². The number of ether oxygens (including phenoxy) is 1. The molecule has 2 aliphatic carbocycles. The van der Waals surface area contributed by atoms with E-state index in [-0.39, 0.29) is 42.0 Å². The zero-order valence-corrected chi connectivity index (χ0v) is 17.9. The van der Waals surface area contributed by atoms with Gasteiger partial charge in [-0.05, 0) is 61.6 Å². The molecule has 4 rings (SSSR count). The molecule has 3 fully saturated rings. The third-order valence-corrected chi connectivity index (χ3v) is 5.95. The van der Waals surface area contributed by atoms with Crippen LogP contribution in [-0.2, 0) is 4.74 Å². The van der Waals surface area contributed by atoms with E-state index in [1.165, 1.54) is 37.8 Å². The fourth-order valence-corrected chi connectivity index (χ4v) is 4.16. The summed E-state index contributed by atoms with van der Waals surface area (Å²) in [7, 11) is 1.85. The number of morpholine rings is 1. The van der Waals surface area contributed by atoms with Crippen molar-refractivity contribution < 1.29 is 9.13 Å². The molecule has 0 radical (unpaired) electrons. The number of guanidine groups is 1. The zero-order chi connectivity index (χ0) is 17.4. The van der Waals surface area contributed by atoms with Crippen LogP contribution in [0, 0.1) is 17.2 Å². The summed E-state index contributed by atoms with van der Waals surface area (Å²) in [5, 5.41) is 3.63. The third-order valence-electron chi connectivity index (χ3n) is 5.95. The van der Waals surface area contributed by atoms with Gasteiger partial charge in [-0.25, -0.2) is 4.39 Å². The molecule has 144 valence electrons. The van der Waals surface area contributed by atoms with Gasteiger partial charge in [0.05, 0.1) is 12.6 Å². The van der Waals surface area contributed by atoms with Gasteiger partial charge in [-0.1, -0.05) is 12.1 Å². The first-order valence-electron chi connectivity index (χ1n) is 9.46. The SMILES string of the molecule is CN=C(NCC1(C2CC2)CC1)N1CC(C)OC(c2ccc(F)cc2)C1.I. The van der Waals surface area contributed by atoms with Crippen LogP contribution in [0.3, 0.4) is 0 Å². The number of rotatable bonds is 4. The summed E-state index contributed by atoms with van der Waals surface area (Å²) in [5.41, 5.74) is 1.56. The highest BCUT2D eigenvalue weighted by Gasteiger charge is 2.53. The highest BCUT2D eigenvalue weighted by Crippen LogP contribution is 2.60. The van der Waals surface area contributed by atoms with Crippen molar-refractivity contribution in [3.63, 3.8) is 0 Å². The monoisotopic (exact) mass is 473 g/mol. The number of halogens is 2. The second-order valence-electron chi connectivity index (χ2n) is 7.93. The van der Waals surface area contributed by atoms with E-state index in [1.807, 2.05) is 19.2 Å². The van der Waals surface area contributed by atoms with Crippen molar-refractivity contribution in [2.75, 3.05) is 26.7 Å². The quantitative estimate of drug-likeness (QED) is 0.409. The van der Waals surface area contributed by atoms with Gasteiger partial charge in [0.15, 0.2) is 5.96 Å². The Morgan fingerprint density at radius 1 is 1.27 bits per heavy atom. The van der Waals surface area contributed by atoms with Gasteiger partial charge in [-0.3, -0.25) is 4.99 Å². The van der Waals surface area contributed by atoms with E-state index >= 15 is 0 Å². The Kier molecular flexibility index (Phi) is 6.11. The number of hydrogen-bond donors (Lipinski definition) is 1. The van der Waals surface area contributed by atoms with Gasteiger partial charge in [0.2, 0.25) is 0 Å². The Hall–Kier alpha value is -0.890. The molecule has 0 amide bonds. The van der Waals surface area contributed by atoms with Crippen LogP contribution in [0.1, 0.15) is 44.3 Å². The Morgan fingerprint density at radius 3 is 2.54 bits per heavy atom. The number of nitrogens with one attached hydrogen (secondary N) is 1. The van der Waals surface area contributed by atoms with Gasteiger partial charge in [0, 0.05) is 20.1 Å². The van der Waals surface area contributed by atoms with Gasteiger partial charge < -0.3 is 15.0 Å². The third kappa shape index (κ3) is 4.32. The molecule has 2 unspecified atom stereocenters. The van der Waals surface area contributed by atoms with Gasteiger partial charge in [0.1, 0.15) is 11.9 Å². The second kappa shape index (κ2) is 8.00. The highest BCUT2D eigenvalue weighted by molar-refractivity contribution is 14.0. The fourth-order valence-electron chi connectivity index (χ4n) is 4.16. The lowest BCUT2D eigenvalue weighted by atomic mass is 10.0. The lowest BCUT2D eigenvalue weighted by Gasteiger charge is -2.39. The normalized spacial score (nSPS) is 27.7. The molecule has 26 heavy (non-hydrogen) atoms. The van der Waals surface area contributed by atoms with Crippen LogP contribution in [0.15, 0.2) is 29.3 Å². The average molecular weight is 473 g/mol. The van der Waals surface area contributed by atoms with E-state index in [0.29, 0.717) is 5.41 Å². The largest absolute Gasteiger partial charge is 0.367 e. The number of aliphatic imine (C=N–C) groups is 1. The van der Waals surface area contributed by atoms with E-state index in [1.54, 1.807) is 0 Å². The molecule has 1 aliphatic heterocycles. The van der Waals surface area contributed by atoms with Crippen molar-refractivity contribution in [3.8, 4) is 0 Å². The topological polar surface area (TPSA) is 36.9 Å². The molecule has 1 heterocycles. The molecule has 1 aromatic rings. The minimum Gasteiger partial charge on any atom is -0.367 e. The van der Waals surface area contributed by atoms with Crippen LogP contribution in [0.5, 0.6) is 0 Å². The molecule has 2 saturated carbocycles. The van der Waals surface area contributed by atoms with Crippen LogP contribution >= 0.6 is 24.0 Å². The number of hydrogen-bond acceptors (Lipinski definition) is 2. The molecule has 1 saturated heterocycles. The molecule has 0 spiro atoms. The molecule has 4 nitrogen and oxygen atoms in total. The Bertz CT molecular complexity index is 643. The molecule has 1 aromatic carbocycles. The summed E-state index contributed by atoms with van der Waals surface area (Å²) in [6, 6.07) is 6.64. The lowest BCUT2D eigenvalue weighted by molar-refractivity contribution is -0.0605. The van der Waals surface area contributed by atoms with Crippen LogP contribution in [0.4, 0.5) is 4.39 Å². The summed E-state index contributed by atoms with van der Waals surface area (Å²) in [6.45, 7) is 4.69. The number of benzene rings is 1. The Labute approximate surface area is 172 Å². The van der Waals surface area contributed by atoms with Crippen LogP contribution in [0.2, 0.25) is 0 Å². The maximum Gasteiger partial charge on any atom is 0.193 e. The first-order chi connectivity index (χ1) is 12.1. The summed E-state index contributed by atoms with van der Waals surface area (Å²) in [5.74, 6) is 1.69. The predicted molar refractivity (Wildman–Crippen MR) is 112 cm³/mol. The zero-order valence-electron chi connectivity index (χ0n) is 15.6. The molecule has 0 aromatic heterocycles. The molecule has 0 bridgehead atoms. The summed E-state index contributed by atoms with van der Waals surface area (Å²) >= 11 is 0. The Morgan fingerprint density at radius 2 is 1.96 bits per heavy atom. The van der Waals surface area contributed by atoms with Gasteiger partial charge in [0.25, 0.3) is 0 Å². The van der Waals surface area contributed by atoms with E-state index in [9.17, 15) is 4.39 Å². The molecular formula is C20H29FIN3O. The highest BCUT2D eigenvalue weighted by atomic mass is 127. The first kappa shape index (κ1) is 19.9. The van der Waals surface area contributed by atoms with Crippen molar-refractivity contribution in [1.82, 2.24) is 10.2 Å². The molecular weight excluding hydrogens is 444 g/mol. The molecule has 6 heteroatoms. The van der Waals surface area contributed by atoms with Gasteiger partial charge in [-0.2, -0.15) is 0 Å². The van der Waals surface area contributed by atoms with Crippen molar-refractivity contribution >= 4 is 29.9 Å². The standard InChI is InChI=1S/C20H28FN3O.HI/c1-14-11-24(12-18(25-14)15-3-7-17(21)8-4-15)19(22-2)23-13-20(9-10-20)16-5-6-16;/h3-4,7-8,14,16,18H,5-6,9-13H2,1-2H3,(H,22,23);1H. The number of nitrogens with zero attached hydrogens (tertiary/aromatic N) is 2. The van der Waals surface area contributed by atoms with Crippen LogP contribution < -0.4 is 5.32 Å². The van der Waals surface area contributed by atoms with Crippen molar-refractivity contribution in [3.05, 3.63) is 35.6 Å². The second-order valence-corrected chi connectivity index (χ2v) is 7.93. The fraction of sp³-hybridized carbons (Fsp3) is 0.650. The summed E-state index contributed by atoms with van der Waals surface area (Å²) in [6.07, 6.45) is 5.59. The maximum absolute atomic E-state index is 13.2. The maximum atomic E-state index is 13.2. The van der Waals surface area contributed by atoms with Crippen molar-refractivity contribution in [2.24, 2.45) is 16.3 Å². The molecule has 2 atom stereocenters. The molecule has 3 aliphatic rings. The Balaban J connectivity index is 0.00000196. The van der Waals surface area contributed by atoms with E-state index in [4.69, 9.17) is 4.74 Å². The predicted octanol–water partition coefficient (Wildman–Crippen LogP) is 3.97. The van der Waals surface area contributed by atoms with Crippen LogP contribution in [-0.4, -0.2) is 43.6 Å². The molecule has 1 N–H and O–H groups in total. The van der Waals surface area contributed by atoms with Gasteiger partial charge in [-0.15, -0.1) is 24.0 Å². The average Bonchev–Trinajstić information content (AvgIpc) is 3.48. The lowest BCUT2D eigenvalue weighted by Crippen LogP contribution is -2.51. The van der Waals surface area contributed by atoms with E-state index < -0.39 is 0 Å². The van der Waals surface area contributed by atoms with E-state index in [2.05, 4.69) is 22.1 Å². The van der Waals surface area contributed by atoms with E-state index in [0.717, 1.165) is 37.1 Å². The summed E-state index contributed by atoms with van der Waals surface area (Å²) in [4.78, 5) is 6.80. The minimum absolute atomic E-state index is 0. The smallest absolute Gasteiger partial charge is 0.193 e. The summed E-state index contributed by atoms with van der Waals surface area (Å²) < 4.78 is 19.3. The first-order valence-corrected chi connectivity index (χ1v) is 9.46. The minimum atomic E-state index is -0.211.